The molecule has 0 unspecified atom stereocenters. The number of rotatable bonds is 7. The van der Waals surface area contributed by atoms with Crippen molar-refractivity contribution in [3.63, 3.8) is 0 Å². The summed E-state index contributed by atoms with van der Waals surface area (Å²) in [5.74, 6) is 0.00449. The number of hydrogen-bond acceptors (Lipinski definition) is 5. The lowest BCUT2D eigenvalue weighted by molar-refractivity contribution is -0.143. The zero-order valence-corrected chi connectivity index (χ0v) is 17.0. The smallest absolute Gasteiger partial charge is 0.325 e. The molecule has 7 nitrogen and oxygen atoms in total. The van der Waals surface area contributed by atoms with Gasteiger partial charge in [-0.05, 0) is 30.7 Å². The summed E-state index contributed by atoms with van der Waals surface area (Å²) in [7, 11) is 0. The van der Waals surface area contributed by atoms with Crippen molar-refractivity contribution in [2.45, 2.75) is 19.6 Å². The van der Waals surface area contributed by atoms with Gasteiger partial charge >= 0.3 is 5.97 Å². The number of para-hydroxylation sites is 2. The summed E-state index contributed by atoms with van der Waals surface area (Å²) in [6, 6.07) is 12.8. The third-order valence-corrected chi connectivity index (χ3v) is 5.67. The number of aliphatic carboxylic acids is 1. The molecule has 30 heavy (non-hydrogen) atoms. The van der Waals surface area contributed by atoms with Crippen LogP contribution in [0.4, 0.5) is 5.69 Å². The Kier molecular flexibility index (Phi) is 5.92. The number of anilines is 1. The van der Waals surface area contributed by atoms with Crippen molar-refractivity contribution in [2.75, 3.05) is 37.7 Å². The summed E-state index contributed by atoms with van der Waals surface area (Å²) in [5, 5.41) is 20.3. The number of benzene rings is 2. The van der Waals surface area contributed by atoms with Gasteiger partial charge in [-0.3, -0.25) is 9.69 Å². The summed E-state index contributed by atoms with van der Waals surface area (Å²) >= 11 is 0. The molecule has 3 aromatic rings. The molecule has 2 aromatic carbocycles. The van der Waals surface area contributed by atoms with Crippen LogP contribution in [0.3, 0.4) is 0 Å². The summed E-state index contributed by atoms with van der Waals surface area (Å²) < 4.78 is 5.76. The lowest BCUT2D eigenvalue weighted by atomic mass is 10.0. The number of H-pyrrole nitrogens is 1. The molecule has 0 bridgehead atoms. The Balaban J connectivity index is 1.55. The van der Waals surface area contributed by atoms with E-state index in [0.717, 1.165) is 46.6 Å². The van der Waals surface area contributed by atoms with Crippen LogP contribution >= 0.6 is 0 Å². The summed E-state index contributed by atoms with van der Waals surface area (Å²) in [6.07, 6.45) is 1.78. The Morgan fingerprint density at radius 2 is 1.93 bits per heavy atom. The van der Waals surface area contributed by atoms with E-state index in [-0.39, 0.29) is 6.61 Å². The summed E-state index contributed by atoms with van der Waals surface area (Å²) in [6.45, 7) is 5.26. The van der Waals surface area contributed by atoms with E-state index in [1.807, 2.05) is 54.3 Å². The fourth-order valence-electron chi connectivity index (χ4n) is 4.22. The van der Waals surface area contributed by atoms with Crippen LogP contribution < -0.4 is 9.64 Å². The molecule has 3 N–H and O–H groups in total. The summed E-state index contributed by atoms with van der Waals surface area (Å²) in [4.78, 5) is 19.7. The van der Waals surface area contributed by atoms with Crippen LogP contribution in [0.2, 0.25) is 0 Å². The van der Waals surface area contributed by atoms with E-state index in [1.54, 1.807) is 6.20 Å². The van der Waals surface area contributed by atoms with Gasteiger partial charge in [0.25, 0.3) is 0 Å². The zero-order chi connectivity index (χ0) is 21.1. The molecule has 1 aromatic heterocycles. The Morgan fingerprint density at radius 1 is 1.17 bits per heavy atom. The maximum Gasteiger partial charge on any atom is 0.325 e. The van der Waals surface area contributed by atoms with Crippen molar-refractivity contribution < 1.29 is 19.7 Å². The largest absolute Gasteiger partial charge is 0.492 e. The maximum absolute atomic E-state index is 12.2. The highest BCUT2D eigenvalue weighted by molar-refractivity contribution is 5.89. The minimum absolute atomic E-state index is 0.0438. The Bertz CT molecular complexity index is 1020. The number of carbonyl (C=O) groups is 1. The van der Waals surface area contributed by atoms with E-state index in [9.17, 15) is 15.0 Å². The number of ether oxygens (including phenoxy) is 1. The zero-order valence-electron chi connectivity index (χ0n) is 17.0. The van der Waals surface area contributed by atoms with Crippen LogP contribution in [-0.4, -0.2) is 58.9 Å². The molecule has 0 radical (unpaired) electrons. The number of carboxylic acids is 1. The second kappa shape index (κ2) is 8.77. The van der Waals surface area contributed by atoms with Crippen molar-refractivity contribution in [3.8, 4) is 5.75 Å². The molecule has 0 saturated carbocycles. The normalized spacial score (nSPS) is 16.0. The van der Waals surface area contributed by atoms with Gasteiger partial charge in [-0.15, -0.1) is 0 Å². The Hall–Kier alpha value is -3.03. The van der Waals surface area contributed by atoms with Gasteiger partial charge in [0.05, 0.1) is 18.9 Å². The quantitative estimate of drug-likeness (QED) is 0.556. The first-order valence-corrected chi connectivity index (χ1v) is 10.3. The number of aliphatic hydroxyl groups is 1. The van der Waals surface area contributed by atoms with Gasteiger partial charge < -0.3 is 24.8 Å². The van der Waals surface area contributed by atoms with Gasteiger partial charge in [0.15, 0.2) is 0 Å². The average Bonchev–Trinajstić information content (AvgIpc) is 3.17. The molecule has 2 heterocycles. The Labute approximate surface area is 175 Å². The molecular weight excluding hydrogens is 382 g/mol. The number of nitrogens with one attached hydrogen (secondary N) is 1. The van der Waals surface area contributed by atoms with E-state index < -0.39 is 12.0 Å². The molecular formula is C23H27N3O4. The first-order chi connectivity index (χ1) is 14.6. The molecule has 0 aliphatic carbocycles. The first-order valence-electron chi connectivity index (χ1n) is 10.3. The lowest BCUT2D eigenvalue weighted by Gasteiger charge is -2.39. The fraction of sp³-hybridized carbons (Fsp3) is 0.348. The summed E-state index contributed by atoms with van der Waals surface area (Å²) in [5.41, 5.74) is 3.44. The van der Waals surface area contributed by atoms with Gasteiger partial charge in [-0.25, -0.2) is 0 Å². The molecule has 1 aliphatic rings. The second-order valence-corrected chi connectivity index (χ2v) is 7.45. The van der Waals surface area contributed by atoms with Crippen LogP contribution in [0.15, 0.2) is 48.7 Å². The van der Waals surface area contributed by atoms with Crippen LogP contribution in [0.25, 0.3) is 10.9 Å². The number of carboxylic acid groups (broad SMARTS) is 1. The molecule has 158 valence electrons. The number of aromatic nitrogens is 1. The highest BCUT2D eigenvalue weighted by atomic mass is 16.5. The van der Waals surface area contributed by atoms with Crippen LogP contribution in [0.5, 0.6) is 5.75 Å². The molecule has 1 fully saturated rings. The predicted octanol–water partition coefficient (Wildman–Crippen LogP) is 3.01. The van der Waals surface area contributed by atoms with Crippen LogP contribution in [0.1, 0.15) is 24.1 Å². The van der Waals surface area contributed by atoms with Gasteiger partial charge in [0, 0.05) is 48.8 Å². The van der Waals surface area contributed by atoms with Gasteiger partial charge in [-0.2, -0.15) is 0 Å². The lowest BCUT2D eigenvalue weighted by Crippen LogP contribution is -2.49. The third-order valence-electron chi connectivity index (χ3n) is 5.67. The molecule has 1 atom stereocenters. The molecule has 0 spiro atoms. The highest BCUT2D eigenvalue weighted by Gasteiger charge is 2.32. The first kappa shape index (κ1) is 20.3. The number of fused-ring (bicyclic) bond motifs is 1. The number of hydrogen-bond donors (Lipinski definition) is 3. The van der Waals surface area contributed by atoms with E-state index >= 15 is 0 Å². The molecule has 7 heteroatoms. The molecule has 1 aliphatic heterocycles. The highest BCUT2D eigenvalue weighted by Crippen LogP contribution is 2.33. The SMILES string of the molecule is CCOc1ccccc1N1CCN([C@H](C(=O)O)c2c[nH]c3cc(CO)ccc23)CC1. The van der Waals surface area contributed by atoms with Crippen LogP contribution in [-0.2, 0) is 11.4 Å². The number of piperazine rings is 1. The van der Waals surface area contributed by atoms with Gasteiger partial charge in [0.1, 0.15) is 11.8 Å². The van der Waals surface area contributed by atoms with Gasteiger partial charge in [0.2, 0.25) is 0 Å². The monoisotopic (exact) mass is 409 g/mol. The minimum atomic E-state index is -0.856. The fourth-order valence-corrected chi connectivity index (χ4v) is 4.22. The van der Waals surface area contributed by atoms with Crippen molar-refractivity contribution in [1.82, 2.24) is 9.88 Å². The topological polar surface area (TPSA) is 89.0 Å². The van der Waals surface area contributed by atoms with Crippen molar-refractivity contribution in [2.24, 2.45) is 0 Å². The number of aliphatic hydroxyl groups excluding tert-OH is 1. The number of aromatic amines is 1. The van der Waals surface area contributed by atoms with Crippen molar-refractivity contribution in [1.29, 1.82) is 0 Å². The van der Waals surface area contributed by atoms with E-state index in [1.165, 1.54) is 0 Å². The van der Waals surface area contributed by atoms with Crippen molar-refractivity contribution >= 4 is 22.6 Å². The van der Waals surface area contributed by atoms with E-state index in [4.69, 9.17) is 4.74 Å². The maximum atomic E-state index is 12.2. The third kappa shape index (κ3) is 3.86. The number of nitrogens with zero attached hydrogens (tertiary/aromatic N) is 2. The average molecular weight is 409 g/mol. The standard InChI is InChI=1S/C23H27N3O4/c1-2-30-21-6-4-3-5-20(21)25-9-11-26(12-10-25)22(23(28)29)18-14-24-19-13-16(15-27)7-8-17(18)19/h3-8,13-14,22,24,27H,2,9-12,15H2,1H3,(H,28,29)/t22-/m0/s1. The van der Waals surface area contributed by atoms with Crippen LogP contribution in [0, 0.1) is 0 Å². The predicted molar refractivity (Wildman–Crippen MR) is 116 cm³/mol. The molecule has 1 saturated heterocycles. The van der Waals surface area contributed by atoms with Gasteiger partial charge in [-0.1, -0.05) is 24.3 Å². The minimum Gasteiger partial charge on any atom is -0.492 e. The molecule has 4 rings (SSSR count). The van der Waals surface area contributed by atoms with Crippen molar-refractivity contribution in [3.05, 3.63) is 59.8 Å². The van der Waals surface area contributed by atoms with E-state index in [2.05, 4.69) is 9.88 Å². The van der Waals surface area contributed by atoms with E-state index in [0.29, 0.717) is 19.7 Å². The second-order valence-electron chi connectivity index (χ2n) is 7.45. The molecule has 0 amide bonds. The Morgan fingerprint density at radius 3 is 2.63 bits per heavy atom.